The Balaban J connectivity index is 0.000000845. The molecule has 0 unspecified atom stereocenters. The van der Waals surface area contributed by atoms with Crippen LogP contribution in [0, 0.1) is 6.92 Å². The van der Waals surface area contributed by atoms with E-state index in [9.17, 15) is 0 Å². The molecule has 0 amide bonds. The minimum atomic E-state index is 0. The number of aromatic nitrogens is 2. The average Bonchev–Trinajstić information content (AvgIpc) is 2.87. The summed E-state index contributed by atoms with van der Waals surface area (Å²) < 4.78 is 0. The molecule has 1 aliphatic carbocycles. The van der Waals surface area contributed by atoms with Gasteiger partial charge in [-0.15, -0.1) is 12.4 Å². The van der Waals surface area contributed by atoms with Gasteiger partial charge in [0, 0.05) is 24.2 Å². The van der Waals surface area contributed by atoms with Crippen molar-refractivity contribution in [3.63, 3.8) is 0 Å². The van der Waals surface area contributed by atoms with Crippen LogP contribution in [0.4, 0.5) is 0 Å². The Labute approximate surface area is 84.2 Å². The molecule has 4 heteroatoms. The molecule has 0 radical (unpaired) electrons. The summed E-state index contributed by atoms with van der Waals surface area (Å²) in [4.78, 5) is 8.54. The molecule has 1 aromatic rings. The van der Waals surface area contributed by atoms with Crippen LogP contribution in [0.3, 0.4) is 0 Å². The van der Waals surface area contributed by atoms with E-state index in [1.165, 1.54) is 18.5 Å². The van der Waals surface area contributed by atoms with Crippen molar-refractivity contribution in [1.82, 2.24) is 9.97 Å². The molecular formula is C9H14ClN3. The number of halogens is 1. The third-order valence-corrected chi connectivity index (χ3v) is 2.20. The molecule has 72 valence electrons. The number of nitrogens with zero attached hydrogens (tertiary/aromatic N) is 2. The molecule has 0 atom stereocenters. The van der Waals surface area contributed by atoms with Crippen LogP contribution in [-0.2, 0) is 6.54 Å². The molecule has 2 N–H and O–H groups in total. The molecule has 13 heavy (non-hydrogen) atoms. The molecular weight excluding hydrogens is 186 g/mol. The number of aryl methyl sites for hydroxylation is 1. The van der Waals surface area contributed by atoms with Crippen molar-refractivity contribution < 1.29 is 0 Å². The van der Waals surface area contributed by atoms with E-state index in [0.717, 1.165) is 11.4 Å². The number of hydrogen-bond donors (Lipinski definition) is 1. The second kappa shape index (κ2) is 4.03. The molecule has 1 saturated carbocycles. The highest BCUT2D eigenvalue weighted by Crippen LogP contribution is 2.40. The van der Waals surface area contributed by atoms with E-state index in [0.29, 0.717) is 12.5 Å². The molecule has 0 bridgehead atoms. The summed E-state index contributed by atoms with van der Waals surface area (Å²) in [6.45, 7) is 2.48. The van der Waals surface area contributed by atoms with Crippen LogP contribution in [-0.4, -0.2) is 9.97 Å². The maximum atomic E-state index is 5.59. The normalized spacial score (nSPS) is 15.2. The predicted molar refractivity (Wildman–Crippen MR) is 53.9 cm³/mol. The predicted octanol–water partition coefficient (Wildman–Crippen LogP) is 1.54. The fourth-order valence-corrected chi connectivity index (χ4v) is 1.38. The van der Waals surface area contributed by atoms with E-state index < -0.39 is 0 Å². The van der Waals surface area contributed by atoms with Gasteiger partial charge in [0.05, 0.1) is 5.69 Å². The van der Waals surface area contributed by atoms with Gasteiger partial charge in [-0.3, -0.25) is 0 Å². The van der Waals surface area contributed by atoms with Gasteiger partial charge in [0.2, 0.25) is 0 Å². The Bertz CT molecular complexity index is 297. The van der Waals surface area contributed by atoms with E-state index in [4.69, 9.17) is 5.73 Å². The minimum absolute atomic E-state index is 0. The van der Waals surface area contributed by atoms with Crippen molar-refractivity contribution in [3.05, 3.63) is 23.3 Å². The lowest BCUT2D eigenvalue weighted by atomic mass is 10.1. The van der Waals surface area contributed by atoms with Gasteiger partial charge in [0.1, 0.15) is 5.82 Å². The SMILES string of the molecule is Cc1ncc(CN)c(C2CC2)n1.Cl. The molecule has 2 rings (SSSR count). The summed E-state index contributed by atoms with van der Waals surface area (Å²) in [5, 5.41) is 0. The highest BCUT2D eigenvalue weighted by atomic mass is 35.5. The van der Waals surface area contributed by atoms with E-state index in [1.54, 1.807) is 0 Å². The van der Waals surface area contributed by atoms with Crippen molar-refractivity contribution in [1.29, 1.82) is 0 Å². The number of hydrogen-bond acceptors (Lipinski definition) is 3. The maximum absolute atomic E-state index is 5.59. The second-order valence-electron chi connectivity index (χ2n) is 3.31. The molecule has 1 heterocycles. The molecule has 0 aromatic carbocycles. The first-order valence-electron chi connectivity index (χ1n) is 4.33. The van der Waals surface area contributed by atoms with Gasteiger partial charge in [-0.05, 0) is 19.8 Å². The van der Waals surface area contributed by atoms with Crippen molar-refractivity contribution in [2.75, 3.05) is 0 Å². The standard InChI is InChI=1S/C9H13N3.ClH/c1-6-11-5-8(4-10)9(12-6)7-2-3-7;/h5,7H,2-4,10H2,1H3;1H. The van der Waals surface area contributed by atoms with E-state index >= 15 is 0 Å². The Hall–Kier alpha value is -0.670. The molecule has 0 aliphatic heterocycles. The van der Waals surface area contributed by atoms with Gasteiger partial charge < -0.3 is 5.73 Å². The minimum Gasteiger partial charge on any atom is -0.326 e. The first-order valence-corrected chi connectivity index (χ1v) is 4.33. The van der Waals surface area contributed by atoms with Crippen LogP contribution in [0.1, 0.15) is 35.8 Å². The van der Waals surface area contributed by atoms with Crippen molar-refractivity contribution in [3.8, 4) is 0 Å². The van der Waals surface area contributed by atoms with Crippen LogP contribution in [0.15, 0.2) is 6.20 Å². The van der Waals surface area contributed by atoms with Gasteiger partial charge >= 0.3 is 0 Å². The molecule has 0 spiro atoms. The molecule has 1 fully saturated rings. The molecule has 1 aromatic heterocycles. The molecule has 3 nitrogen and oxygen atoms in total. The van der Waals surface area contributed by atoms with Gasteiger partial charge in [-0.1, -0.05) is 0 Å². The van der Waals surface area contributed by atoms with Gasteiger partial charge in [0.25, 0.3) is 0 Å². The summed E-state index contributed by atoms with van der Waals surface area (Å²) >= 11 is 0. The van der Waals surface area contributed by atoms with Crippen molar-refractivity contribution >= 4 is 12.4 Å². The van der Waals surface area contributed by atoms with Gasteiger partial charge in [-0.25, -0.2) is 9.97 Å². The highest BCUT2D eigenvalue weighted by molar-refractivity contribution is 5.85. The third-order valence-electron chi connectivity index (χ3n) is 2.20. The van der Waals surface area contributed by atoms with Crippen LogP contribution in [0.5, 0.6) is 0 Å². The highest BCUT2D eigenvalue weighted by Gasteiger charge is 2.27. The van der Waals surface area contributed by atoms with Crippen LogP contribution in [0.25, 0.3) is 0 Å². The van der Waals surface area contributed by atoms with Crippen LogP contribution in [0.2, 0.25) is 0 Å². The molecule has 1 aliphatic rings. The summed E-state index contributed by atoms with van der Waals surface area (Å²) in [7, 11) is 0. The lowest BCUT2D eigenvalue weighted by molar-refractivity contribution is 0.877. The zero-order chi connectivity index (χ0) is 8.55. The smallest absolute Gasteiger partial charge is 0.125 e. The zero-order valence-electron chi connectivity index (χ0n) is 7.66. The second-order valence-corrected chi connectivity index (χ2v) is 3.31. The Kier molecular flexibility index (Phi) is 3.22. The van der Waals surface area contributed by atoms with E-state index in [1.807, 2.05) is 13.1 Å². The van der Waals surface area contributed by atoms with E-state index in [-0.39, 0.29) is 12.4 Å². The fraction of sp³-hybridized carbons (Fsp3) is 0.556. The van der Waals surface area contributed by atoms with E-state index in [2.05, 4.69) is 9.97 Å². The Morgan fingerprint density at radius 1 is 1.54 bits per heavy atom. The molecule has 0 saturated heterocycles. The third kappa shape index (κ3) is 2.17. The fourth-order valence-electron chi connectivity index (χ4n) is 1.38. The zero-order valence-corrected chi connectivity index (χ0v) is 8.47. The maximum Gasteiger partial charge on any atom is 0.125 e. The largest absolute Gasteiger partial charge is 0.326 e. The summed E-state index contributed by atoms with van der Waals surface area (Å²) in [5.41, 5.74) is 7.89. The van der Waals surface area contributed by atoms with Crippen molar-refractivity contribution in [2.45, 2.75) is 32.2 Å². The summed E-state index contributed by atoms with van der Waals surface area (Å²) in [5.74, 6) is 1.53. The lowest BCUT2D eigenvalue weighted by Crippen LogP contribution is -2.05. The Morgan fingerprint density at radius 2 is 2.23 bits per heavy atom. The Morgan fingerprint density at radius 3 is 2.77 bits per heavy atom. The summed E-state index contributed by atoms with van der Waals surface area (Å²) in [6.07, 6.45) is 4.39. The topological polar surface area (TPSA) is 51.8 Å². The summed E-state index contributed by atoms with van der Waals surface area (Å²) in [6, 6.07) is 0. The van der Waals surface area contributed by atoms with Crippen LogP contribution < -0.4 is 5.73 Å². The lowest BCUT2D eigenvalue weighted by Gasteiger charge is -2.04. The van der Waals surface area contributed by atoms with Gasteiger partial charge in [0.15, 0.2) is 0 Å². The van der Waals surface area contributed by atoms with Gasteiger partial charge in [-0.2, -0.15) is 0 Å². The quantitative estimate of drug-likeness (QED) is 0.786. The first-order chi connectivity index (χ1) is 5.81. The van der Waals surface area contributed by atoms with Crippen molar-refractivity contribution in [2.24, 2.45) is 5.73 Å². The van der Waals surface area contributed by atoms with Crippen LogP contribution >= 0.6 is 12.4 Å². The average molecular weight is 200 g/mol. The number of nitrogens with two attached hydrogens (primary N) is 1. The first kappa shape index (κ1) is 10.4. The number of rotatable bonds is 2. The monoisotopic (exact) mass is 199 g/mol.